The van der Waals surface area contributed by atoms with E-state index in [1.807, 2.05) is 26.8 Å². The van der Waals surface area contributed by atoms with Crippen LogP contribution in [0.1, 0.15) is 36.0 Å². The summed E-state index contributed by atoms with van der Waals surface area (Å²) in [6.07, 6.45) is 0.895. The first-order chi connectivity index (χ1) is 7.04. The lowest BCUT2D eigenvalue weighted by atomic mass is 10.2. The molecule has 0 atom stereocenters. The zero-order valence-electron chi connectivity index (χ0n) is 9.37. The Kier molecular flexibility index (Phi) is 4.15. The minimum Gasteiger partial charge on any atom is -0.462 e. The Labute approximate surface area is 94.2 Å². The summed E-state index contributed by atoms with van der Waals surface area (Å²) in [4.78, 5) is 12.7. The van der Waals surface area contributed by atoms with Crippen molar-refractivity contribution in [1.29, 1.82) is 0 Å². The number of hydrogen-bond acceptors (Lipinski definition) is 4. The average molecular weight is 227 g/mol. The van der Waals surface area contributed by atoms with Gasteiger partial charge in [0, 0.05) is 4.88 Å². The Balaban J connectivity index is 2.68. The molecule has 4 heteroatoms. The van der Waals surface area contributed by atoms with Gasteiger partial charge in [0.1, 0.15) is 5.00 Å². The molecule has 3 nitrogen and oxygen atoms in total. The number of esters is 1. The van der Waals surface area contributed by atoms with Crippen LogP contribution in [0.3, 0.4) is 0 Å². The molecule has 0 aliphatic carbocycles. The van der Waals surface area contributed by atoms with Gasteiger partial charge in [0.2, 0.25) is 0 Å². The first kappa shape index (κ1) is 12.0. The molecule has 0 unspecified atom stereocenters. The molecule has 0 spiro atoms. The molecule has 84 valence electrons. The van der Waals surface area contributed by atoms with E-state index in [1.54, 1.807) is 0 Å². The van der Waals surface area contributed by atoms with Crippen LogP contribution in [-0.4, -0.2) is 12.6 Å². The molecule has 0 radical (unpaired) electrons. The van der Waals surface area contributed by atoms with Gasteiger partial charge in [-0.3, -0.25) is 0 Å². The molecule has 0 aliphatic heterocycles. The number of hydrogen-bond donors (Lipinski definition) is 1. The Hall–Kier alpha value is -1.03. The van der Waals surface area contributed by atoms with Gasteiger partial charge in [-0.15, -0.1) is 11.3 Å². The van der Waals surface area contributed by atoms with Crippen molar-refractivity contribution in [3.63, 3.8) is 0 Å². The summed E-state index contributed by atoms with van der Waals surface area (Å²) in [5.41, 5.74) is 6.25. The number of nitrogen functional groups attached to an aromatic ring is 1. The van der Waals surface area contributed by atoms with E-state index < -0.39 is 0 Å². The number of anilines is 1. The molecule has 2 N–H and O–H groups in total. The molecule has 1 rings (SSSR count). The van der Waals surface area contributed by atoms with Gasteiger partial charge < -0.3 is 10.5 Å². The van der Waals surface area contributed by atoms with E-state index in [9.17, 15) is 4.79 Å². The van der Waals surface area contributed by atoms with Crippen molar-refractivity contribution in [2.75, 3.05) is 12.3 Å². The number of aryl methyl sites for hydroxylation is 1. The van der Waals surface area contributed by atoms with Gasteiger partial charge in [-0.1, -0.05) is 20.8 Å². The molecule has 0 aromatic carbocycles. The van der Waals surface area contributed by atoms with Crippen LogP contribution in [0.25, 0.3) is 0 Å². The van der Waals surface area contributed by atoms with E-state index in [0.29, 0.717) is 23.1 Å². The maximum absolute atomic E-state index is 11.6. The van der Waals surface area contributed by atoms with E-state index in [2.05, 4.69) is 0 Å². The van der Waals surface area contributed by atoms with Crippen molar-refractivity contribution in [1.82, 2.24) is 0 Å². The lowest BCUT2D eigenvalue weighted by Crippen LogP contribution is -2.10. The van der Waals surface area contributed by atoms with Crippen LogP contribution >= 0.6 is 11.3 Å². The van der Waals surface area contributed by atoms with Gasteiger partial charge in [0.25, 0.3) is 0 Å². The highest BCUT2D eigenvalue weighted by Crippen LogP contribution is 2.26. The molecule has 1 aromatic heterocycles. The van der Waals surface area contributed by atoms with Crippen molar-refractivity contribution < 1.29 is 9.53 Å². The molecule has 0 aliphatic rings. The van der Waals surface area contributed by atoms with Crippen molar-refractivity contribution in [3.05, 3.63) is 16.5 Å². The van der Waals surface area contributed by atoms with E-state index in [1.165, 1.54) is 11.3 Å². The highest BCUT2D eigenvalue weighted by atomic mass is 32.1. The van der Waals surface area contributed by atoms with Crippen molar-refractivity contribution >= 4 is 22.3 Å². The number of carbonyl (C=O) groups is 1. The lowest BCUT2D eigenvalue weighted by molar-refractivity contribution is 0.0460. The highest BCUT2D eigenvalue weighted by Gasteiger charge is 2.15. The van der Waals surface area contributed by atoms with Crippen molar-refractivity contribution in [2.24, 2.45) is 5.92 Å². The van der Waals surface area contributed by atoms with Crippen LogP contribution < -0.4 is 5.73 Å². The Morgan fingerprint density at radius 3 is 2.73 bits per heavy atom. The van der Waals surface area contributed by atoms with Crippen LogP contribution in [0.5, 0.6) is 0 Å². The molecular formula is C11H17NO2S. The fraction of sp³-hybridized carbons (Fsp3) is 0.545. The van der Waals surface area contributed by atoms with Gasteiger partial charge >= 0.3 is 5.97 Å². The average Bonchev–Trinajstić information content (AvgIpc) is 2.56. The second-order valence-electron chi connectivity index (χ2n) is 3.84. The van der Waals surface area contributed by atoms with E-state index in [0.717, 1.165) is 11.3 Å². The van der Waals surface area contributed by atoms with Gasteiger partial charge in [0.05, 0.1) is 12.2 Å². The monoisotopic (exact) mass is 227 g/mol. The summed E-state index contributed by atoms with van der Waals surface area (Å²) >= 11 is 1.45. The normalized spacial score (nSPS) is 10.7. The topological polar surface area (TPSA) is 52.3 Å². The first-order valence-corrected chi connectivity index (χ1v) is 5.91. The van der Waals surface area contributed by atoms with E-state index in [-0.39, 0.29) is 5.97 Å². The molecule has 0 amide bonds. The largest absolute Gasteiger partial charge is 0.462 e. The van der Waals surface area contributed by atoms with Crippen molar-refractivity contribution in [3.8, 4) is 0 Å². The highest BCUT2D eigenvalue weighted by molar-refractivity contribution is 7.16. The van der Waals surface area contributed by atoms with E-state index in [4.69, 9.17) is 10.5 Å². The van der Waals surface area contributed by atoms with Crippen LogP contribution in [0, 0.1) is 5.92 Å². The summed E-state index contributed by atoms with van der Waals surface area (Å²) in [5, 5.41) is 0.556. The van der Waals surface area contributed by atoms with Gasteiger partial charge in [-0.05, 0) is 18.4 Å². The summed E-state index contributed by atoms with van der Waals surface area (Å²) in [5.74, 6) is 0.0385. The Morgan fingerprint density at radius 2 is 2.27 bits per heavy atom. The van der Waals surface area contributed by atoms with Crippen molar-refractivity contribution in [2.45, 2.75) is 27.2 Å². The third-order valence-corrected chi connectivity index (χ3v) is 3.04. The minimum atomic E-state index is -0.308. The number of nitrogens with two attached hydrogens (primary N) is 1. The second-order valence-corrected chi connectivity index (χ2v) is 5.00. The van der Waals surface area contributed by atoms with Crippen LogP contribution in [0.2, 0.25) is 0 Å². The molecule has 1 aromatic rings. The molecule has 1 heterocycles. The van der Waals surface area contributed by atoms with Gasteiger partial charge in [0.15, 0.2) is 0 Å². The zero-order valence-corrected chi connectivity index (χ0v) is 10.2. The second kappa shape index (κ2) is 5.16. The standard InChI is InChI=1S/C11H17NO2S/c1-4-8-5-9(10(12)15-8)11(13)14-6-7(2)3/h5,7H,4,6,12H2,1-3H3. The number of rotatable bonds is 4. The minimum absolute atomic E-state index is 0.308. The molecule has 0 saturated carbocycles. The summed E-state index contributed by atoms with van der Waals surface area (Å²) in [6.45, 7) is 6.48. The lowest BCUT2D eigenvalue weighted by Gasteiger charge is -2.06. The van der Waals surface area contributed by atoms with Crippen LogP contribution in [-0.2, 0) is 11.2 Å². The Morgan fingerprint density at radius 1 is 1.60 bits per heavy atom. The summed E-state index contributed by atoms with van der Waals surface area (Å²) in [6, 6.07) is 1.82. The molecule has 0 fully saturated rings. The smallest absolute Gasteiger partial charge is 0.341 e. The van der Waals surface area contributed by atoms with Crippen LogP contribution in [0.4, 0.5) is 5.00 Å². The van der Waals surface area contributed by atoms with E-state index >= 15 is 0 Å². The molecule has 15 heavy (non-hydrogen) atoms. The third-order valence-electron chi connectivity index (χ3n) is 1.93. The zero-order chi connectivity index (χ0) is 11.4. The van der Waals surface area contributed by atoms with Gasteiger partial charge in [-0.25, -0.2) is 4.79 Å². The quantitative estimate of drug-likeness (QED) is 0.805. The first-order valence-electron chi connectivity index (χ1n) is 5.09. The fourth-order valence-electron chi connectivity index (χ4n) is 1.11. The molecular weight excluding hydrogens is 210 g/mol. The predicted molar refractivity (Wildman–Crippen MR) is 63.2 cm³/mol. The van der Waals surface area contributed by atoms with Gasteiger partial charge in [-0.2, -0.15) is 0 Å². The summed E-state index contributed by atoms with van der Waals surface area (Å²) < 4.78 is 5.12. The number of thiophene rings is 1. The van der Waals surface area contributed by atoms with Crippen LogP contribution in [0.15, 0.2) is 6.07 Å². The predicted octanol–water partition coefficient (Wildman–Crippen LogP) is 2.71. The maximum atomic E-state index is 11.6. The fourth-order valence-corrected chi connectivity index (χ4v) is 1.97. The number of carbonyl (C=O) groups excluding carboxylic acids is 1. The number of ether oxygens (including phenoxy) is 1. The molecule has 0 bridgehead atoms. The Bertz CT molecular complexity index is 344. The molecule has 0 saturated heterocycles. The summed E-state index contributed by atoms with van der Waals surface area (Å²) in [7, 11) is 0. The SMILES string of the molecule is CCc1cc(C(=O)OCC(C)C)c(N)s1. The third kappa shape index (κ3) is 3.23. The maximum Gasteiger partial charge on any atom is 0.341 e.